The van der Waals surface area contributed by atoms with Crippen LogP contribution < -0.4 is 5.19 Å². The van der Waals surface area contributed by atoms with E-state index in [2.05, 4.69) is 58.0 Å². The van der Waals surface area contributed by atoms with E-state index in [1.54, 1.807) is 0 Å². The van der Waals surface area contributed by atoms with Crippen LogP contribution in [0.1, 0.15) is 6.42 Å². The second kappa shape index (κ2) is 8.88. The second-order valence-corrected chi connectivity index (χ2v) is 22.4. The third-order valence-electron chi connectivity index (χ3n) is 4.08. The summed E-state index contributed by atoms with van der Waals surface area (Å²) in [4.78, 5) is 11.4. The molecule has 2 rings (SSSR count). The molecular formula is C18H32O6Si4. The van der Waals surface area contributed by atoms with E-state index in [0.29, 0.717) is 19.1 Å². The molecule has 1 aliphatic rings. The molecule has 0 bridgehead atoms. The molecule has 0 unspecified atom stereocenters. The number of rotatable bonds is 6. The highest BCUT2D eigenvalue weighted by Crippen LogP contribution is 2.33. The molecule has 0 atom stereocenters. The maximum atomic E-state index is 11.4. The van der Waals surface area contributed by atoms with E-state index in [1.807, 2.05) is 18.2 Å². The van der Waals surface area contributed by atoms with Crippen molar-refractivity contribution in [2.24, 2.45) is 0 Å². The summed E-state index contributed by atoms with van der Waals surface area (Å²) in [5, 5.41) is 1.06. The van der Waals surface area contributed by atoms with E-state index < -0.39 is 40.2 Å². The lowest BCUT2D eigenvalue weighted by Gasteiger charge is -2.48. The molecule has 0 amide bonds. The zero-order chi connectivity index (χ0) is 21.1. The van der Waals surface area contributed by atoms with E-state index in [-0.39, 0.29) is 0 Å². The minimum absolute atomic E-state index is 0.297. The Morgan fingerprint density at radius 3 is 1.93 bits per heavy atom. The molecule has 1 saturated heterocycles. The van der Waals surface area contributed by atoms with E-state index in [1.165, 1.54) is 6.08 Å². The maximum absolute atomic E-state index is 11.4. The van der Waals surface area contributed by atoms with Crippen LogP contribution in [0.5, 0.6) is 0 Å². The molecular weight excluding hydrogens is 425 g/mol. The van der Waals surface area contributed by atoms with Crippen molar-refractivity contribution in [3.05, 3.63) is 43.0 Å². The molecule has 156 valence electrons. The van der Waals surface area contributed by atoms with Gasteiger partial charge in [0.2, 0.25) is 0 Å². The van der Waals surface area contributed by atoms with Crippen molar-refractivity contribution in [3.63, 3.8) is 0 Å². The van der Waals surface area contributed by atoms with Crippen molar-refractivity contribution < 1.29 is 26.0 Å². The zero-order valence-corrected chi connectivity index (χ0v) is 21.7. The van der Waals surface area contributed by atoms with Gasteiger partial charge in [0.05, 0.1) is 6.61 Å². The summed E-state index contributed by atoms with van der Waals surface area (Å²) in [7, 11) is -10.2. The van der Waals surface area contributed by atoms with E-state index in [9.17, 15) is 4.79 Å². The summed E-state index contributed by atoms with van der Waals surface area (Å²) in [6, 6.07) is 10.7. The number of ether oxygens (including phenoxy) is 1. The molecule has 1 heterocycles. The Balaban J connectivity index is 2.37. The van der Waals surface area contributed by atoms with Crippen LogP contribution in [0, 0.1) is 0 Å². The quantitative estimate of drug-likeness (QED) is 0.282. The van der Waals surface area contributed by atoms with Crippen molar-refractivity contribution in [3.8, 4) is 0 Å². The van der Waals surface area contributed by atoms with Crippen LogP contribution >= 0.6 is 0 Å². The average molecular weight is 457 g/mol. The summed E-state index contributed by atoms with van der Waals surface area (Å²) in [6.07, 6.45) is 1.81. The topological polar surface area (TPSA) is 63.2 Å². The third kappa shape index (κ3) is 6.59. The fraction of sp³-hybridized carbons (Fsp3) is 0.500. The first-order chi connectivity index (χ1) is 12.9. The van der Waals surface area contributed by atoms with Crippen LogP contribution in [0.2, 0.25) is 45.3 Å². The fourth-order valence-electron chi connectivity index (χ4n) is 3.65. The number of hydrogen-bond donors (Lipinski definition) is 0. The molecule has 0 spiro atoms. The van der Waals surface area contributed by atoms with Crippen molar-refractivity contribution in [2.45, 2.75) is 51.7 Å². The van der Waals surface area contributed by atoms with Gasteiger partial charge in [0.15, 0.2) is 0 Å². The summed E-state index contributed by atoms with van der Waals surface area (Å²) >= 11 is 0. The van der Waals surface area contributed by atoms with Crippen LogP contribution in [-0.4, -0.2) is 46.8 Å². The Kier molecular flexibility index (Phi) is 7.42. The van der Waals surface area contributed by atoms with Gasteiger partial charge in [0.25, 0.3) is 0 Å². The van der Waals surface area contributed by atoms with Crippen molar-refractivity contribution >= 4 is 45.4 Å². The molecule has 0 aromatic heterocycles. The molecule has 1 aliphatic heterocycles. The molecule has 10 heteroatoms. The zero-order valence-electron chi connectivity index (χ0n) is 17.7. The molecule has 1 fully saturated rings. The van der Waals surface area contributed by atoms with Crippen molar-refractivity contribution in [2.75, 3.05) is 6.61 Å². The normalized spacial score (nSPS) is 22.5. The van der Waals surface area contributed by atoms with Gasteiger partial charge in [0.1, 0.15) is 0 Å². The van der Waals surface area contributed by atoms with Crippen molar-refractivity contribution in [1.29, 1.82) is 0 Å². The summed E-state index contributed by atoms with van der Waals surface area (Å²) < 4.78 is 31.7. The number of hydrogen-bond acceptors (Lipinski definition) is 6. The van der Waals surface area contributed by atoms with Crippen LogP contribution in [0.4, 0.5) is 0 Å². The highest BCUT2D eigenvalue weighted by atomic mass is 28.5. The lowest BCUT2D eigenvalue weighted by Crippen LogP contribution is -2.70. The Morgan fingerprint density at radius 1 is 0.929 bits per heavy atom. The van der Waals surface area contributed by atoms with Crippen LogP contribution in [0.15, 0.2) is 43.0 Å². The fourth-order valence-corrected chi connectivity index (χ4v) is 25.0. The first kappa shape index (κ1) is 23.4. The SMILES string of the molecule is C=CC(=O)OCCC[Si]1(c2ccccc2)O[Si](C)(C)O[Si](C)(C)O[Si](C)(C)O1. The van der Waals surface area contributed by atoms with Crippen LogP contribution in [0.3, 0.4) is 0 Å². The van der Waals surface area contributed by atoms with Gasteiger partial charge in [-0.15, -0.1) is 0 Å². The minimum atomic E-state index is -2.88. The molecule has 0 aliphatic carbocycles. The summed E-state index contributed by atoms with van der Waals surface area (Å²) in [6.45, 7) is 16.0. The Morgan fingerprint density at radius 2 is 1.43 bits per heavy atom. The third-order valence-corrected chi connectivity index (χ3v) is 20.7. The van der Waals surface area contributed by atoms with Crippen LogP contribution in [-0.2, 0) is 26.0 Å². The Bertz CT molecular complexity index is 671. The average Bonchev–Trinajstić information content (AvgIpc) is 2.55. The van der Waals surface area contributed by atoms with Crippen LogP contribution in [0.25, 0.3) is 0 Å². The maximum Gasteiger partial charge on any atom is 0.355 e. The first-order valence-corrected chi connectivity index (χ1v) is 20.0. The van der Waals surface area contributed by atoms with Gasteiger partial charge in [-0.3, -0.25) is 0 Å². The van der Waals surface area contributed by atoms with Gasteiger partial charge >= 0.3 is 40.2 Å². The predicted molar refractivity (Wildman–Crippen MR) is 119 cm³/mol. The molecule has 1 aromatic rings. The van der Waals surface area contributed by atoms with Gasteiger partial charge in [0, 0.05) is 6.08 Å². The van der Waals surface area contributed by atoms with E-state index in [0.717, 1.165) is 5.19 Å². The monoisotopic (exact) mass is 456 g/mol. The standard InChI is InChI=1S/C18H32O6Si4/c1-8-18(19)20-15-12-16-28(17-13-10-9-11-14-17)23-26(4,5)21-25(2,3)22-27(6,7)24-28/h8-11,13-14H,1,12,15-16H2,2-7H3. The predicted octanol–water partition coefficient (Wildman–Crippen LogP) is 3.64. The molecule has 28 heavy (non-hydrogen) atoms. The Hall–Kier alpha value is -0.862. The van der Waals surface area contributed by atoms with Crippen molar-refractivity contribution in [1.82, 2.24) is 0 Å². The summed E-state index contributed by atoms with van der Waals surface area (Å²) in [5.74, 6) is -0.418. The smallest absolute Gasteiger partial charge is 0.355 e. The number of benzene rings is 1. The largest absolute Gasteiger partial charge is 0.463 e. The van der Waals surface area contributed by atoms with E-state index >= 15 is 0 Å². The van der Waals surface area contributed by atoms with Gasteiger partial charge in [-0.1, -0.05) is 36.9 Å². The molecule has 1 aromatic carbocycles. The first-order valence-electron chi connectivity index (χ1n) is 9.54. The molecule has 6 nitrogen and oxygen atoms in total. The lowest BCUT2D eigenvalue weighted by atomic mass is 10.4. The highest BCUT2D eigenvalue weighted by Gasteiger charge is 2.55. The highest BCUT2D eigenvalue weighted by molar-refractivity contribution is 6.97. The second-order valence-electron chi connectivity index (χ2n) is 8.20. The summed E-state index contributed by atoms with van der Waals surface area (Å²) in [5.41, 5.74) is 0. The van der Waals surface area contributed by atoms with Gasteiger partial charge in [-0.05, 0) is 56.9 Å². The molecule has 0 saturated carbocycles. The molecule has 0 N–H and O–H groups in total. The van der Waals surface area contributed by atoms with Gasteiger partial charge < -0.3 is 21.2 Å². The van der Waals surface area contributed by atoms with E-state index in [4.69, 9.17) is 21.2 Å². The number of esters is 1. The van der Waals surface area contributed by atoms with Gasteiger partial charge in [-0.25, -0.2) is 4.79 Å². The number of carbonyl (C=O) groups excluding carboxylic acids is 1. The number of carbonyl (C=O) groups is 1. The van der Waals surface area contributed by atoms with Gasteiger partial charge in [-0.2, -0.15) is 0 Å². The Labute approximate surface area is 172 Å². The molecule has 0 radical (unpaired) electrons. The lowest BCUT2D eigenvalue weighted by molar-refractivity contribution is -0.137. The minimum Gasteiger partial charge on any atom is -0.463 e.